The molecule has 0 radical (unpaired) electrons. The fourth-order valence-corrected chi connectivity index (χ4v) is 1.99. The van der Waals surface area contributed by atoms with E-state index in [-0.39, 0.29) is 5.41 Å². The van der Waals surface area contributed by atoms with Crippen molar-refractivity contribution < 1.29 is 4.79 Å². The zero-order valence-corrected chi connectivity index (χ0v) is 8.15. The van der Waals surface area contributed by atoms with Crippen LogP contribution in [0.15, 0.2) is 0 Å². The van der Waals surface area contributed by atoms with Crippen molar-refractivity contribution >= 4 is 5.78 Å². The van der Waals surface area contributed by atoms with Crippen LogP contribution >= 0.6 is 0 Å². The molecule has 1 aliphatic carbocycles. The number of ketones is 1. The van der Waals surface area contributed by atoms with Crippen molar-refractivity contribution in [1.82, 2.24) is 5.32 Å². The van der Waals surface area contributed by atoms with Crippen molar-refractivity contribution in [3.05, 3.63) is 0 Å². The van der Waals surface area contributed by atoms with Crippen LogP contribution in [0.25, 0.3) is 0 Å². The van der Waals surface area contributed by atoms with Gasteiger partial charge in [-0.15, -0.1) is 0 Å². The fourth-order valence-electron chi connectivity index (χ4n) is 1.99. The van der Waals surface area contributed by atoms with Crippen molar-refractivity contribution in [2.75, 3.05) is 13.6 Å². The monoisotopic (exact) mass is 169 g/mol. The summed E-state index contributed by atoms with van der Waals surface area (Å²) in [5.41, 5.74) is 0.0325. The van der Waals surface area contributed by atoms with Crippen molar-refractivity contribution in [3.63, 3.8) is 0 Å². The molecule has 0 aromatic heterocycles. The summed E-state index contributed by atoms with van der Waals surface area (Å²) < 4.78 is 0. The van der Waals surface area contributed by atoms with Gasteiger partial charge in [0.05, 0.1) is 0 Å². The van der Waals surface area contributed by atoms with Gasteiger partial charge in [-0.25, -0.2) is 0 Å². The molecule has 1 fully saturated rings. The van der Waals surface area contributed by atoms with E-state index in [9.17, 15) is 4.79 Å². The first kappa shape index (κ1) is 9.72. The molecule has 1 aliphatic rings. The Morgan fingerprint density at radius 2 is 2.17 bits per heavy atom. The molecule has 1 N–H and O–H groups in total. The van der Waals surface area contributed by atoms with Gasteiger partial charge in [-0.1, -0.05) is 13.3 Å². The molecular formula is C10H19NO. The van der Waals surface area contributed by atoms with E-state index in [0.29, 0.717) is 5.78 Å². The van der Waals surface area contributed by atoms with Gasteiger partial charge in [0, 0.05) is 18.4 Å². The highest BCUT2D eigenvalue weighted by Gasteiger charge is 2.41. The topological polar surface area (TPSA) is 29.1 Å². The summed E-state index contributed by atoms with van der Waals surface area (Å²) in [6, 6.07) is 0. The Balaban J connectivity index is 2.47. The van der Waals surface area contributed by atoms with Crippen molar-refractivity contribution in [1.29, 1.82) is 0 Å². The van der Waals surface area contributed by atoms with Gasteiger partial charge in [0.2, 0.25) is 0 Å². The number of carbonyl (C=O) groups is 1. The van der Waals surface area contributed by atoms with Gasteiger partial charge < -0.3 is 5.32 Å². The zero-order valence-electron chi connectivity index (χ0n) is 8.15. The standard InChI is InChI=1S/C10H19NO/c1-3-5-9(12)10(8-11-2)6-4-7-10/h11H,3-8H2,1-2H3. The van der Waals surface area contributed by atoms with Gasteiger partial charge in [0.1, 0.15) is 5.78 Å². The van der Waals surface area contributed by atoms with Gasteiger partial charge >= 0.3 is 0 Å². The van der Waals surface area contributed by atoms with E-state index in [4.69, 9.17) is 0 Å². The predicted octanol–water partition coefficient (Wildman–Crippen LogP) is 1.75. The lowest BCUT2D eigenvalue weighted by Crippen LogP contribution is -2.45. The fraction of sp³-hybridized carbons (Fsp3) is 0.900. The minimum atomic E-state index is 0.0325. The van der Waals surface area contributed by atoms with E-state index in [1.54, 1.807) is 0 Å². The van der Waals surface area contributed by atoms with E-state index in [1.165, 1.54) is 6.42 Å². The van der Waals surface area contributed by atoms with Crippen LogP contribution in [0.3, 0.4) is 0 Å². The van der Waals surface area contributed by atoms with Crippen LogP contribution in [-0.4, -0.2) is 19.4 Å². The number of hydrogen-bond donors (Lipinski definition) is 1. The maximum Gasteiger partial charge on any atom is 0.140 e. The third kappa shape index (κ3) is 1.69. The molecule has 2 heteroatoms. The SMILES string of the molecule is CCCC(=O)C1(CNC)CCC1. The smallest absolute Gasteiger partial charge is 0.140 e. The van der Waals surface area contributed by atoms with Crippen LogP contribution in [0.5, 0.6) is 0 Å². The maximum absolute atomic E-state index is 11.7. The van der Waals surface area contributed by atoms with E-state index in [0.717, 1.165) is 32.2 Å². The van der Waals surface area contributed by atoms with Crippen molar-refractivity contribution in [2.24, 2.45) is 5.41 Å². The molecule has 0 unspecified atom stereocenters. The van der Waals surface area contributed by atoms with Crippen LogP contribution in [0, 0.1) is 5.41 Å². The lowest BCUT2D eigenvalue weighted by Gasteiger charge is -2.40. The Morgan fingerprint density at radius 3 is 2.50 bits per heavy atom. The molecule has 0 spiro atoms. The molecule has 0 saturated heterocycles. The van der Waals surface area contributed by atoms with Crippen LogP contribution < -0.4 is 5.32 Å². The molecule has 1 saturated carbocycles. The number of Topliss-reactive ketones (excluding diaryl/α,β-unsaturated/α-hetero) is 1. The second-order valence-corrected chi connectivity index (χ2v) is 3.84. The Hall–Kier alpha value is -0.370. The highest BCUT2D eigenvalue weighted by Crippen LogP contribution is 2.42. The summed E-state index contributed by atoms with van der Waals surface area (Å²) in [4.78, 5) is 11.7. The lowest BCUT2D eigenvalue weighted by molar-refractivity contribution is -0.133. The second kappa shape index (κ2) is 4.04. The second-order valence-electron chi connectivity index (χ2n) is 3.84. The first-order valence-corrected chi connectivity index (χ1v) is 4.93. The van der Waals surface area contributed by atoms with Gasteiger partial charge in [-0.3, -0.25) is 4.79 Å². The average Bonchev–Trinajstić information content (AvgIpc) is 1.97. The molecule has 0 atom stereocenters. The third-order valence-electron chi connectivity index (χ3n) is 2.89. The normalized spacial score (nSPS) is 20.2. The minimum Gasteiger partial charge on any atom is -0.319 e. The van der Waals surface area contributed by atoms with Crippen LogP contribution in [-0.2, 0) is 4.79 Å². The number of nitrogens with one attached hydrogen (secondary N) is 1. The summed E-state index contributed by atoms with van der Waals surface area (Å²) in [6.07, 6.45) is 5.20. The molecule has 2 nitrogen and oxygen atoms in total. The molecule has 12 heavy (non-hydrogen) atoms. The molecule has 0 aromatic carbocycles. The summed E-state index contributed by atoms with van der Waals surface area (Å²) in [5, 5.41) is 3.13. The Morgan fingerprint density at radius 1 is 1.50 bits per heavy atom. The summed E-state index contributed by atoms with van der Waals surface area (Å²) >= 11 is 0. The summed E-state index contributed by atoms with van der Waals surface area (Å²) in [5.74, 6) is 0.477. The molecule has 1 rings (SSSR count). The van der Waals surface area contributed by atoms with E-state index >= 15 is 0 Å². The first-order valence-electron chi connectivity index (χ1n) is 4.93. The summed E-state index contributed by atoms with van der Waals surface area (Å²) in [6.45, 7) is 2.95. The predicted molar refractivity (Wildman–Crippen MR) is 50.1 cm³/mol. The molecule has 0 aliphatic heterocycles. The third-order valence-corrected chi connectivity index (χ3v) is 2.89. The van der Waals surface area contributed by atoms with Crippen molar-refractivity contribution in [2.45, 2.75) is 39.0 Å². The highest BCUT2D eigenvalue weighted by atomic mass is 16.1. The molecule has 0 aromatic rings. The molecule has 0 amide bonds. The van der Waals surface area contributed by atoms with Crippen LogP contribution in [0.4, 0.5) is 0 Å². The van der Waals surface area contributed by atoms with Gasteiger partial charge in [0.25, 0.3) is 0 Å². The Bertz CT molecular complexity index is 161. The minimum absolute atomic E-state index is 0.0325. The average molecular weight is 169 g/mol. The highest BCUT2D eigenvalue weighted by molar-refractivity contribution is 5.85. The lowest BCUT2D eigenvalue weighted by atomic mass is 9.65. The largest absolute Gasteiger partial charge is 0.319 e. The number of hydrogen-bond acceptors (Lipinski definition) is 2. The molecule has 0 heterocycles. The maximum atomic E-state index is 11.7. The van der Waals surface area contributed by atoms with Crippen molar-refractivity contribution in [3.8, 4) is 0 Å². The van der Waals surface area contributed by atoms with Gasteiger partial charge in [0.15, 0.2) is 0 Å². The first-order chi connectivity index (χ1) is 5.75. The van der Waals surface area contributed by atoms with Crippen LogP contribution in [0.2, 0.25) is 0 Å². The van der Waals surface area contributed by atoms with E-state index in [2.05, 4.69) is 12.2 Å². The van der Waals surface area contributed by atoms with E-state index in [1.807, 2.05) is 7.05 Å². The number of rotatable bonds is 5. The molecule has 0 bridgehead atoms. The van der Waals surface area contributed by atoms with E-state index < -0.39 is 0 Å². The van der Waals surface area contributed by atoms with Gasteiger partial charge in [-0.2, -0.15) is 0 Å². The van der Waals surface area contributed by atoms with Crippen LogP contribution in [0.1, 0.15) is 39.0 Å². The summed E-state index contributed by atoms with van der Waals surface area (Å²) in [7, 11) is 1.93. The zero-order chi connectivity index (χ0) is 9.03. The molecule has 70 valence electrons. The number of carbonyl (C=O) groups excluding carboxylic acids is 1. The molecular weight excluding hydrogens is 150 g/mol. The Labute approximate surface area is 74.7 Å². The quantitative estimate of drug-likeness (QED) is 0.679. The van der Waals surface area contributed by atoms with Gasteiger partial charge in [-0.05, 0) is 26.3 Å². The Kier molecular flexibility index (Phi) is 3.27.